The zero-order valence-corrected chi connectivity index (χ0v) is 35.2. The Labute approximate surface area is 316 Å². The van der Waals surface area contributed by atoms with Gasteiger partial charge in [-0.3, -0.25) is 4.79 Å². The highest BCUT2D eigenvalue weighted by atomic mass is 16.5. The van der Waals surface area contributed by atoms with Crippen LogP contribution < -0.4 is 0 Å². The third-order valence-corrected chi connectivity index (χ3v) is 17.3. The Morgan fingerprint density at radius 1 is 0.706 bits per heavy atom. The number of rotatable bonds is 18. The zero-order chi connectivity index (χ0) is 37.0. The number of aliphatic hydroxyl groups is 1. The highest BCUT2D eigenvalue weighted by molar-refractivity contribution is 5.69. The molecule has 0 aliphatic heterocycles. The summed E-state index contributed by atoms with van der Waals surface area (Å²) in [5, 5.41) is 11.1. The molecule has 51 heavy (non-hydrogen) atoms. The van der Waals surface area contributed by atoms with Crippen molar-refractivity contribution >= 4 is 5.97 Å². The minimum absolute atomic E-state index is 0.00929. The van der Waals surface area contributed by atoms with E-state index in [9.17, 15) is 9.90 Å². The molecule has 0 radical (unpaired) electrons. The van der Waals surface area contributed by atoms with Gasteiger partial charge in [0.05, 0.1) is 12.7 Å². The van der Waals surface area contributed by atoms with Gasteiger partial charge >= 0.3 is 5.97 Å². The second-order valence-electron chi connectivity index (χ2n) is 21.3. The fourth-order valence-corrected chi connectivity index (χ4v) is 13.5. The van der Waals surface area contributed by atoms with Gasteiger partial charge in [-0.1, -0.05) is 157 Å². The third-order valence-electron chi connectivity index (χ3n) is 17.3. The summed E-state index contributed by atoms with van der Waals surface area (Å²) < 4.78 is 6.30. The molecule has 1 N–H and O–H groups in total. The highest BCUT2D eigenvalue weighted by Gasteiger charge is 2.68. The zero-order valence-electron chi connectivity index (χ0n) is 35.2. The van der Waals surface area contributed by atoms with E-state index in [1.54, 1.807) is 5.57 Å². The van der Waals surface area contributed by atoms with Crippen LogP contribution in [0.25, 0.3) is 0 Å². The van der Waals surface area contributed by atoms with Gasteiger partial charge in [0.15, 0.2) is 0 Å². The molecule has 3 nitrogen and oxygen atoms in total. The van der Waals surface area contributed by atoms with Crippen LogP contribution in [0.5, 0.6) is 0 Å². The van der Waals surface area contributed by atoms with Crippen molar-refractivity contribution in [1.82, 2.24) is 0 Å². The monoisotopic (exact) mass is 709 g/mol. The number of hydrogen-bond acceptors (Lipinski definition) is 3. The Hall–Kier alpha value is -0.830. The smallest absolute Gasteiger partial charge is 0.305 e. The van der Waals surface area contributed by atoms with Crippen LogP contribution in [0.15, 0.2) is 11.6 Å². The molecule has 5 rings (SSSR count). The summed E-state index contributed by atoms with van der Waals surface area (Å²) in [6, 6.07) is 0. The topological polar surface area (TPSA) is 46.5 Å². The molecular formula is C48H84O3. The maximum Gasteiger partial charge on any atom is 0.305 e. The number of carbonyl (C=O) groups is 1. The number of hydrogen-bond donors (Lipinski definition) is 1. The SMILES string of the molecule is CCCCCCCCCCCCCCCCCC(=O)OC[C@]12CCC(C)(C)C[C@H]1C1=CC[C@@H]3[C@@]4(C)CC[C@H](O)C(C)(C)[C@@H]4CC[C@@]3(C)[C@]1(C)CC2. The van der Waals surface area contributed by atoms with Crippen molar-refractivity contribution in [1.29, 1.82) is 0 Å². The summed E-state index contributed by atoms with van der Waals surface area (Å²) in [6.45, 7) is 20.6. The van der Waals surface area contributed by atoms with Gasteiger partial charge in [-0.25, -0.2) is 0 Å². The normalized spacial score (nSPS) is 38.1. The van der Waals surface area contributed by atoms with E-state index in [1.165, 1.54) is 135 Å². The molecule has 294 valence electrons. The first-order valence-corrected chi connectivity index (χ1v) is 22.7. The third kappa shape index (κ3) is 8.54. The molecule has 0 bridgehead atoms. The first-order valence-electron chi connectivity index (χ1n) is 22.7. The summed E-state index contributed by atoms with van der Waals surface area (Å²) in [5.74, 6) is 1.83. The average molecular weight is 709 g/mol. The maximum atomic E-state index is 13.2. The Kier molecular flexibility index (Phi) is 13.7. The van der Waals surface area contributed by atoms with Gasteiger partial charge < -0.3 is 9.84 Å². The lowest BCUT2D eigenvalue weighted by molar-refractivity contribution is -0.205. The van der Waals surface area contributed by atoms with Gasteiger partial charge in [-0.15, -0.1) is 0 Å². The number of fused-ring (bicyclic) bond motifs is 7. The molecule has 3 heteroatoms. The molecule has 0 aromatic heterocycles. The van der Waals surface area contributed by atoms with Gasteiger partial charge in [-0.05, 0) is 115 Å². The predicted molar refractivity (Wildman–Crippen MR) is 216 cm³/mol. The van der Waals surface area contributed by atoms with E-state index in [0.29, 0.717) is 36.2 Å². The molecule has 5 aliphatic carbocycles. The summed E-state index contributed by atoms with van der Waals surface area (Å²) >= 11 is 0. The van der Waals surface area contributed by atoms with Crippen LogP contribution in [-0.4, -0.2) is 23.8 Å². The predicted octanol–water partition coefficient (Wildman–Crippen LogP) is 14.0. The Morgan fingerprint density at radius 3 is 1.88 bits per heavy atom. The van der Waals surface area contributed by atoms with E-state index in [1.807, 2.05) is 0 Å². The van der Waals surface area contributed by atoms with E-state index < -0.39 is 0 Å². The van der Waals surface area contributed by atoms with Gasteiger partial charge in [0, 0.05) is 11.8 Å². The van der Waals surface area contributed by atoms with Crippen molar-refractivity contribution in [2.45, 2.75) is 228 Å². The lowest BCUT2D eigenvalue weighted by Crippen LogP contribution is -2.64. The number of allylic oxidation sites excluding steroid dienone is 2. The van der Waals surface area contributed by atoms with Crippen LogP contribution in [0.4, 0.5) is 0 Å². The molecule has 0 saturated heterocycles. The second kappa shape index (κ2) is 16.9. The fraction of sp³-hybridized carbons (Fsp3) is 0.938. The van der Waals surface area contributed by atoms with E-state index in [0.717, 1.165) is 25.7 Å². The van der Waals surface area contributed by atoms with E-state index in [4.69, 9.17) is 4.74 Å². The first kappa shape index (κ1) is 41.3. The molecule has 0 unspecified atom stereocenters. The largest absolute Gasteiger partial charge is 0.465 e. The quantitative estimate of drug-likeness (QED) is 0.0876. The van der Waals surface area contributed by atoms with Crippen LogP contribution in [0.3, 0.4) is 0 Å². The van der Waals surface area contributed by atoms with Crippen LogP contribution in [-0.2, 0) is 9.53 Å². The number of esters is 1. The van der Waals surface area contributed by atoms with Crippen LogP contribution >= 0.6 is 0 Å². The van der Waals surface area contributed by atoms with Gasteiger partial charge in [0.25, 0.3) is 0 Å². The minimum atomic E-state index is -0.174. The van der Waals surface area contributed by atoms with Crippen LogP contribution in [0.1, 0.15) is 222 Å². The Balaban J connectivity index is 1.11. The van der Waals surface area contributed by atoms with E-state index in [-0.39, 0.29) is 39.1 Å². The Bertz CT molecular complexity index is 1170. The Morgan fingerprint density at radius 2 is 1.27 bits per heavy atom. The lowest BCUT2D eigenvalue weighted by atomic mass is 9.33. The summed E-state index contributed by atoms with van der Waals surface area (Å²) in [7, 11) is 0. The second-order valence-corrected chi connectivity index (χ2v) is 21.3. The van der Waals surface area contributed by atoms with Gasteiger partial charge in [0.1, 0.15) is 0 Å². The molecule has 0 aromatic rings. The van der Waals surface area contributed by atoms with Crippen molar-refractivity contribution in [2.24, 2.45) is 50.2 Å². The molecule has 4 saturated carbocycles. The summed E-state index contributed by atoms with van der Waals surface area (Å²) in [6.07, 6.45) is 35.3. The molecule has 4 fully saturated rings. The molecular weight excluding hydrogens is 625 g/mol. The number of carbonyl (C=O) groups excluding carboxylic acids is 1. The van der Waals surface area contributed by atoms with Crippen LogP contribution in [0.2, 0.25) is 0 Å². The fourth-order valence-electron chi connectivity index (χ4n) is 13.5. The molecule has 0 spiro atoms. The first-order chi connectivity index (χ1) is 24.2. The van der Waals surface area contributed by atoms with Crippen molar-refractivity contribution in [3.8, 4) is 0 Å². The van der Waals surface area contributed by atoms with Crippen molar-refractivity contribution in [2.75, 3.05) is 6.61 Å². The highest BCUT2D eigenvalue weighted by Crippen LogP contribution is 2.75. The average Bonchev–Trinajstić information content (AvgIpc) is 3.08. The molecule has 0 amide bonds. The van der Waals surface area contributed by atoms with Crippen molar-refractivity contribution < 1.29 is 14.6 Å². The van der Waals surface area contributed by atoms with Crippen LogP contribution in [0, 0.1) is 50.2 Å². The lowest BCUT2D eigenvalue weighted by Gasteiger charge is -2.71. The number of aliphatic hydroxyl groups excluding tert-OH is 1. The molecule has 8 atom stereocenters. The van der Waals surface area contributed by atoms with Crippen molar-refractivity contribution in [3.63, 3.8) is 0 Å². The van der Waals surface area contributed by atoms with E-state index in [2.05, 4.69) is 61.5 Å². The van der Waals surface area contributed by atoms with Gasteiger partial charge in [-0.2, -0.15) is 0 Å². The number of ether oxygens (including phenoxy) is 1. The van der Waals surface area contributed by atoms with Crippen molar-refractivity contribution in [3.05, 3.63) is 11.6 Å². The minimum Gasteiger partial charge on any atom is -0.465 e. The summed E-state index contributed by atoms with van der Waals surface area (Å²) in [4.78, 5) is 13.2. The number of unbranched alkanes of at least 4 members (excludes halogenated alkanes) is 14. The summed E-state index contributed by atoms with van der Waals surface area (Å²) in [5.41, 5.74) is 2.93. The standard InChI is InChI=1S/C48H84O3/c1-9-10-11-12-13-14-15-16-17-18-19-20-21-22-23-24-42(50)51-36-48-33-31-43(2,3)35-38(48)37-25-26-40-45(6)29-28-41(49)44(4,5)39(45)27-30-47(40,8)46(37,7)32-34-48/h25,38-41,49H,9-24,26-36H2,1-8H3/t38-,39-,40+,41-,45-,46+,47+,48+/m0/s1. The molecule has 0 heterocycles. The van der Waals surface area contributed by atoms with E-state index >= 15 is 0 Å². The molecule has 5 aliphatic rings. The van der Waals surface area contributed by atoms with Gasteiger partial charge in [0.2, 0.25) is 0 Å². The maximum absolute atomic E-state index is 13.2. The molecule has 0 aromatic carbocycles.